The molecule has 204 valence electrons. The fourth-order valence-electron chi connectivity index (χ4n) is 11.9. The lowest BCUT2D eigenvalue weighted by atomic mass is 9.34. The maximum atomic E-state index is 11.9. The highest BCUT2D eigenvalue weighted by atomic mass is 16.3. The molecule has 4 saturated carbocycles. The minimum absolute atomic E-state index is 0.275. The summed E-state index contributed by atoms with van der Waals surface area (Å²) in [5, 5.41) is 11.9. The summed E-state index contributed by atoms with van der Waals surface area (Å²) >= 11 is 0. The molecule has 0 aromatic heterocycles. The Bertz CT molecular complexity index is 906. The van der Waals surface area contributed by atoms with E-state index in [9.17, 15) is 5.11 Å². The number of hydrogen-bond acceptors (Lipinski definition) is 1. The van der Waals surface area contributed by atoms with Crippen molar-refractivity contribution in [2.75, 3.05) is 0 Å². The molecule has 0 heterocycles. The third-order valence-electron chi connectivity index (χ3n) is 13.8. The van der Waals surface area contributed by atoms with Crippen LogP contribution in [0.1, 0.15) is 139 Å². The lowest BCUT2D eigenvalue weighted by Crippen LogP contribution is -2.65. The van der Waals surface area contributed by atoms with Crippen LogP contribution in [0.15, 0.2) is 23.3 Å². The molecule has 0 saturated heterocycles. The maximum Gasteiger partial charge on any atom is 0.0653 e. The van der Waals surface area contributed by atoms with Crippen LogP contribution in [0.25, 0.3) is 0 Å². The summed E-state index contributed by atoms with van der Waals surface area (Å²) in [5.41, 5.74) is 4.38. The van der Waals surface area contributed by atoms with Crippen molar-refractivity contribution in [2.45, 2.75) is 144 Å². The molecule has 0 spiro atoms. The van der Waals surface area contributed by atoms with Crippen LogP contribution >= 0.6 is 0 Å². The van der Waals surface area contributed by atoms with Gasteiger partial charge in [0.15, 0.2) is 0 Å². The SMILES string of the molecule is CC1=CCC(C(C)CCC2C(C)(O)CCC3C2(C)CCC2C4(C)CCCC(C)(C)C4CCC23C)=CC1. The van der Waals surface area contributed by atoms with E-state index in [1.54, 1.807) is 5.57 Å². The predicted octanol–water partition coefficient (Wildman–Crippen LogP) is 9.90. The second-order valence-corrected chi connectivity index (χ2v) is 16.3. The van der Waals surface area contributed by atoms with E-state index in [-0.39, 0.29) is 5.41 Å². The topological polar surface area (TPSA) is 20.2 Å². The fourth-order valence-corrected chi connectivity index (χ4v) is 11.9. The van der Waals surface area contributed by atoms with Gasteiger partial charge in [0.2, 0.25) is 0 Å². The average molecular weight is 495 g/mol. The van der Waals surface area contributed by atoms with E-state index >= 15 is 0 Å². The Morgan fingerprint density at radius 3 is 2.08 bits per heavy atom. The first kappa shape index (κ1) is 27.0. The molecule has 1 N–H and O–H groups in total. The summed E-state index contributed by atoms with van der Waals surface area (Å²) in [6.45, 7) is 20.1. The van der Waals surface area contributed by atoms with Crippen LogP contribution in [0, 0.1) is 51.2 Å². The molecular formula is C35H58O. The molecule has 0 bridgehead atoms. The van der Waals surface area contributed by atoms with Crippen LogP contribution in [0.2, 0.25) is 0 Å². The highest BCUT2D eigenvalue weighted by molar-refractivity contribution is 5.22. The van der Waals surface area contributed by atoms with E-state index in [0.29, 0.717) is 28.1 Å². The highest BCUT2D eigenvalue weighted by Crippen LogP contribution is 2.74. The van der Waals surface area contributed by atoms with E-state index in [2.05, 4.69) is 67.5 Å². The zero-order valence-electron chi connectivity index (χ0n) is 25.2. The van der Waals surface area contributed by atoms with Gasteiger partial charge in [-0.2, -0.15) is 0 Å². The van der Waals surface area contributed by atoms with E-state index in [1.807, 2.05) is 0 Å². The molecule has 0 radical (unpaired) electrons. The smallest absolute Gasteiger partial charge is 0.0653 e. The first-order valence-corrected chi connectivity index (χ1v) is 15.8. The van der Waals surface area contributed by atoms with Crippen molar-refractivity contribution < 1.29 is 5.11 Å². The molecular weight excluding hydrogens is 436 g/mol. The van der Waals surface area contributed by atoms with Gasteiger partial charge in [-0.1, -0.05) is 71.3 Å². The van der Waals surface area contributed by atoms with Gasteiger partial charge < -0.3 is 5.11 Å². The minimum atomic E-state index is -0.514. The largest absolute Gasteiger partial charge is 0.390 e. The number of allylic oxidation sites excluding steroid dienone is 4. The summed E-state index contributed by atoms with van der Waals surface area (Å²) in [7, 11) is 0. The van der Waals surface area contributed by atoms with Crippen LogP contribution in [-0.2, 0) is 0 Å². The van der Waals surface area contributed by atoms with Crippen LogP contribution in [0.5, 0.6) is 0 Å². The summed E-state index contributed by atoms with van der Waals surface area (Å²) < 4.78 is 0. The molecule has 5 rings (SSSR count). The van der Waals surface area contributed by atoms with Gasteiger partial charge in [0.05, 0.1) is 5.60 Å². The quantitative estimate of drug-likeness (QED) is 0.385. The molecule has 36 heavy (non-hydrogen) atoms. The molecule has 1 heteroatoms. The zero-order valence-corrected chi connectivity index (χ0v) is 25.2. The third kappa shape index (κ3) is 4.12. The summed E-state index contributed by atoms with van der Waals surface area (Å²) in [5.74, 6) is 3.60. The number of hydrogen-bond donors (Lipinski definition) is 1. The zero-order chi connectivity index (χ0) is 26.1. The standard InChI is InChI=1S/C35H58O/c1-24-10-13-26(14-11-24)25(2)12-15-30-34(7)22-17-28-32(5)20-9-19-31(3,4)27(32)16-21-33(28,6)29(34)18-23-35(30,8)36/h10,14,25,27-30,36H,9,11-13,15-23H2,1-8H3. The van der Waals surface area contributed by atoms with Gasteiger partial charge in [-0.25, -0.2) is 0 Å². The predicted molar refractivity (Wildman–Crippen MR) is 154 cm³/mol. The van der Waals surface area contributed by atoms with Crippen molar-refractivity contribution in [3.05, 3.63) is 23.3 Å². The normalized spacial score (nSPS) is 49.1. The number of fused-ring (bicyclic) bond motifs is 5. The van der Waals surface area contributed by atoms with E-state index in [0.717, 1.165) is 37.0 Å². The monoisotopic (exact) mass is 494 g/mol. The van der Waals surface area contributed by atoms with Gasteiger partial charge in [0, 0.05) is 0 Å². The van der Waals surface area contributed by atoms with Crippen molar-refractivity contribution in [1.29, 1.82) is 0 Å². The van der Waals surface area contributed by atoms with Crippen molar-refractivity contribution in [1.82, 2.24) is 0 Å². The summed E-state index contributed by atoms with van der Waals surface area (Å²) in [4.78, 5) is 0. The Morgan fingerprint density at radius 1 is 0.778 bits per heavy atom. The van der Waals surface area contributed by atoms with Crippen LogP contribution in [-0.4, -0.2) is 10.7 Å². The Hall–Kier alpha value is -0.560. The van der Waals surface area contributed by atoms with Crippen molar-refractivity contribution in [2.24, 2.45) is 51.2 Å². The maximum absolute atomic E-state index is 11.9. The molecule has 9 unspecified atom stereocenters. The molecule has 0 aliphatic heterocycles. The molecule has 5 aliphatic carbocycles. The molecule has 1 nitrogen and oxygen atoms in total. The van der Waals surface area contributed by atoms with Crippen molar-refractivity contribution >= 4 is 0 Å². The molecule has 0 aromatic rings. The van der Waals surface area contributed by atoms with Crippen LogP contribution in [0.3, 0.4) is 0 Å². The van der Waals surface area contributed by atoms with Crippen LogP contribution in [0.4, 0.5) is 0 Å². The second kappa shape index (κ2) is 8.99. The third-order valence-corrected chi connectivity index (χ3v) is 13.8. The van der Waals surface area contributed by atoms with Gasteiger partial charge in [-0.05, 0) is 142 Å². The fraction of sp³-hybridized carbons (Fsp3) is 0.886. The lowest BCUT2D eigenvalue weighted by molar-refractivity contribution is -0.237. The first-order valence-electron chi connectivity index (χ1n) is 15.8. The van der Waals surface area contributed by atoms with Gasteiger partial charge in [0.25, 0.3) is 0 Å². The van der Waals surface area contributed by atoms with E-state index < -0.39 is 5.60 Å². The highest BCUT2D eigenvalue weighted by Gasteiger charge is 2.67. The van der Waals surface area contributed by atoms with Crippen LogP contribution < -0.4 is 0 Å². The summed E-state index contributed by atoms with van der Waals surface area (Å²) in [6, 6.07) is 0. The molecule has 0 aromatic carbocycles. The Balaban J connectivity index is 1.39. The van der Waals surface area contributed by atoms with E-state index in [1.165, 1.54) is 69.8 Å². The number of rotatable bonds is 4. The van der Waals surface area contributed by atoms with Gasteiger partial charge in [-0.3, -0.25) is 0 Å². The van der Waals surface area contributed by atoms with Crippen molar-refractivity contribution in [3.63, 3.8) is 0 Å². The Morgan fingerprint density at radius 2 is 1.39 bits per heavy atom. The molecule has 9 atom stereocenters. The van der Waals surface area contributed by atoms with E-state index in [4.69, 9.17) is 0 Å². The minimum Gasteiger partial charge on any atom is -0.390 e. The first-order chi connectivity index (χ1) is 16.7. The number of aliphatic hydroxyl groups is 1. The Kier molecular flexibility index (Phi) is 6.75. The lowest BCUT2D eigenvalue weighted by Gasteiger charge is -2.71. The average Bonchev–Trinajstić information content (AvgIpc) is 2.77. The van der Waals surface area contributed by atoms with Gasteiger partial charge in [-0.15, -0.1) is 0 Å². The molecule has 4 fully saturated rings. The van der Waals surface area contributed by atoms with Crippen molar-refractivity contribution in [3.8, 4) is 0 Å². The summed E-state index contributed by atoms with van der Waals surface area (Å²) in [6.07, 6.45) is 21.8. The van der Waals surface area contributed by atoms with Gasteiger partial charge in [0.1, 0.15) is 0 Å². The Labute approximate surface area is 224 Å². The molecule has 0 amide bonds. The molecule has 5 aliphatic rings. The second-order valence-electron chi connectivity index (χ2n) is 16.3. The van der Waals surface area contributed by atoms with Gasteiger partial charge >= 0.3 is 0 Å².